The van der Waals surface area contributed by atoms with E-state index in [1.165, 1.54) is 12.1 Å². The zero-order valence-corrected chi connectivity index (χ0v) is 7.76. The van der Waals surface area contributed by atoms with Crippen LogP contribution in [0.2, 0.25) is 0 Å². The van der Waals surface area contributed by atoms with E-state index >= 15 is 0 Å². The van der Waals surface area contributed by atoms with Gasteiger partial charge in [-0.3, -0.25) is 0 Å². The molecule has 15 heavy (non-hydrogen) atoms. The maximum absolute atomic E-state index is 12.8. The van der Waals surface area contributed by atoms with Gasteiger partial charge in [0.05, 0.1) is 12.7 Å². The molecule has 0 amide bonds. The van der Waals surface area contributed by atoms with Crippen LogP contribution in [0.25, 0.3) is 0 Å². The first-order valence-electron chi connectivity index (χ1n) is 4.25. The maximum Gasteiger partial charge on any atom is 0.170 e. The molecule has 1 aromatic rings. The van der Waals surface area contributed by atoms with Crippen molar-refractivity contribution < 1.29 is 19.7 Å². The van der Waals surface area contributed by atoms with Crippen LogP contribution < -0.4 is 0 Å². The lowest BCUT2D eigenvalue weighted by Gasteiger charge is -2.15. The fourth-order valence-electron chi connectivity index (χ4n) is 1.24. The number of nitrogens with zero attached hydrogens (tertiary/aromatic N) is 1. The van der Waals surface area contributed by atoms with Crippen LogP contribution in [-0.2, 0) is 6.61 Å². The number of hydrogen-bond acceptors (Lipinski definition) is 4. The highest BCUT2D eigenvalue weighted by Crippen LogP contribution is 2.22. The van der Waals surface area contributed by atoms with Crippen LogP contribution in [0.15, 0.2) is 18.2 Å². The molecule has 0 saturated heterocycles. The highest BCUT2D eigenvalue weighted by Gasteiger charge is 2.20. The van der Waals surface area contributed by atoms with Crippen molar-refractivity contribution in [3.05, 3.63) is 35.1 Å². The third-order valence-electron chi connectivity index (χ3n) is 2.03. The first-order valence-corrected chi connectivity index (χ1v) is 4.25. The fourth-order valence-corrected chi connectivity index (χ4v) is 1.24. The average Bonchev–Trinajstić information content (AvgIpc) is 2.26. The minimum absolute atomic E-state index is 0.146. The van der Waals surface area contributed by atoms with Crippen molar-refractivity contribution in [2.45, 2.75) is 18.8 Å². The summed E-state index contributed by atoms with van der Waals surface area (Å²) in [5.74, 6) is -0.554. The lowest BCUT2D eigenvalue weighted by atomic mass is 9.99. The van der Waals surface area contributed by atoms with Crippen molar-refractivity contribution in [2.24, 2.45) is 0 Å². The Kier molecular flexibility index (Phi) is 3.74. The summed E-state index contributed by atoms with van der Waals surface area (Å²) < 4.78 is 12.8. The molecule has 0 aliphatic carbocycles. The van der Waals surface area contributed by atoms with Gasteiger partial charge in [0.1, 0.15) is 11.9 Å². The van der Waals surface area contributed by atoms with Crippen molar-refractivity contribution in [3.8, 4) is 6.07 Å². The number of aliphatic hydroxyl groups excluding tert-OH is 3. The van der Waals surface area contributed by atoms with Crippen LogP contribution >= 0.6 is 0 Å². The molecule has 0 aliphatic rings. The Bertz CT molecular complexity index is 389. The molecule has 0 fully saturated rings. The van der Waals surface area contributed by atoms with E-state index in [0.29, 0.717) is 0 Å². The predicted octanol–water partition coefficient (Wildman–Crippen LogP) is 0.236. The third kappa shape index (κ3) is 2.50. The van der Waals surface area contributed by atoms with Gasteiger partial charge in [-0.15, -0.1) is 0 Å². The summed E-state index contributed by atoms with van der Waals surface area (Å²) in [7, 11) is 0. The second-order valence-corrected chi connectivity index (χ2v) is 3.02. The molecular weight excluding hydrogens is 201 g/mol. The van der Waals surface area contributed by atoms with Gasteiger partial charge < -0.3 is 15.3 Å². The monoisotopic (exact) mass is 211 g/mol. The third-order valence-corrected chi connectivity index (χ3v) is 2.03. The lowest BCUT2D eigenvalue weighted by molar-refractivity contribution is 0.0513. The van der Waals surface area contributed by atoms with Gasteiger partial charge in [-0.25, -0.2) is 4.39 Å². The zero-order valence-electron chi connectivity index (χ0n) is 7.76. The number of hydrogen-bond donors (Lipinski definition) is 3. The number of rotatable bonds is 3. The molecule has 4 nitrogen and oxygen atoms in total. The summed E-state index contributed by atoms with van der Waals surface area (Å²) in [6.45, 7) is -0.470. The first-order chi connectivity index (χ1) is 7.10. The van der Waals surface area contributed by atoms with Gasteiger partial charge in [-0.05, 0) is 23.3 Å². The molecule has 0 aliphatic heterocycles. The SMILES string of the molecule is N#CC(O)C(O)c1ccc(F)cc1CO. The number of aliphatic hydroxyl groups is 3. The molecule has 5 heteroatoms. The van der Waals surface area contributed by atoms with E-state index in [2.05, 4.69) is 0 Å². The van der Waals surface area contributed by atoms with Crippen molar-refractivity contribution in [1.82, 2.24) is 0 Å². The summed E-state index contributed by atoms with van der Waals surface area (Å²) in [4.78, 5) is 0. The molecule has 0 heterocycles. The normalized spacial score (nSPS) is 14.3. The molecule has 1 rings (SSSR count). The molecule has 0 saturated carbocycles. The number of halogens is 1. The topological polar surface area (TPSA) is 84.5 Å². The van der Waals surface area contributed by atoms with Gasteiger partial charge in [0, 0.05) is 0 Å². The molecule has 0 radical (unpaired) electrons. The molecule has 2 unspecified atom stereocenters. The summed E-state index contributed by atoms with van der Waals surface area (Å²) in [6, 6.07) is 4.82. The van der Waals surface area contributed by atoms with Crippen LogP contribution in [0, 0.1) is 17.1 Å². The molecule has 80 valence electrons. The predicted molar refractivity (Wildman–Crippen MR) is 48.9 cm³/mol. The molecule has 1 aromatic carbocycles. The number of benzene rings is 1. The molecule has 0 aromatic heterocycles. The van der Waals surface area contributed by atoms with Gasteiger partial charge in [-0.1, -0.05) is 6.07 Å². The Morgan fingerprint density at radius 3 is 2.60 bits per heavy atom. The van der Waals surface area contributed by atoms with E-state index in [4.69, 9.17) is 15.5 Å². The van der Waals surface area contributed by atoms with E-state index in [-0.39, 0.29) is 11.1 Å². The fraction of sp³-hybridized carbons (Fsp3) is 0.300. The summed E-state index contributed by atoms with van der Waals surface area (Å²) in [5, 5.41) is 35.9. The Hall–Kier alpha value is -1.48. The Labute approximate surface area is 85.8 Å². The molecular formula is C10H10FNO3. The van der Waals surface area contributed by atoms with Crippen LogP contribution in [-0.4, -0.2) is 21.4 Å². The Morgan fingerprint density at radius 2 is 2.07 bits per heavy atom. The maximum atomic E-state index is 12.8. The van der Waals surface area contributed by atoms with Crippen molar-refractivity contribution in [3.63, 3.8) is 0 Å². The lowest BCUT2D eigenvalue weighted by Crippen LogP contribution is -2.17. The first kappa shape index (κ1) is 11.6. The number of nitriles is 1. The second-order valence-electron chi connectivity index (χ2n) is 3.02. The Balaban J connectivity index is 3.09. The molecule has 0 spiro atoms. The van der Waals surface area contributed by atoms with Gasteiger partial charge >= 0.3 is 0 Å². The second kappa shape index (κ2) is 4.84. The van der Waals surface area contributed by atoms with Gasteiger partial charge in [-0.2, -0.15) is 5.26 Å². The summed E-state index contributed by atoms with van der Waals surface area (Å²) in [5.41, 5.74) is 0.296. The van der Waals surface area contributed by atoms with Crippen molar-refractivity contribution in [1.29, 1.82) is 5.26 Å². The minimum atomic E-state index is -1.60. The minimum Gasteiger partial charge on any atom is -0.392 e. The highest BCUT2D eigenvalue weighted by atomic mass is 19.1. The molecule has 2 atom stereocenters. The zero-order chi connectivity index (χ0) is 11.4. The van der Waals surface area contributed by atoms with E-state index in [9.17, 15) is 9.50 Å². The van der Waals surface area contributed by atoms with Gasteiger partial charge in [0.15, 0.2) is 6.10 Å². The molecule has 0 bridgehead atoms. The molecule has 3 N–H and O–H groups in total. The van der Waals surface area contributed by atoms with Crippen molar-refractivity contribution in [2.75, 3.05) is 0 Å². The summed E-state index contributed by atoms with van der Waals surface area (Å²) >= 11 is 0. The van der Waals surface area contributed by atoms with E-state index in [1.54, 1.807) is 0 Å². The van der Waals surface area contributed by atoms with Gasteiger partial charge in [0.2, 0.25) is 0 Å². The summed E-state index contributed by atoms with van der Waals surface area (Å²) in [6.07, 6.45) is -3.04. The van der Waals surface area contributed by atoms with Crippen LogP contribution in [0.1, 0.15) is 17.2 Å². The van der Waals surface area contributed by atoms with E-state index in [1.807, 2.05) is 0 Å². The standard InChI is InChI=1S/C10H10FNO3/c11-7-1-2-8(6(3-7)5-13)10(15)9(14)4-12/h1-3,9-10,13-15H,5H2. The van der Waals surface area contributed by atoms with Crippen LogP contribution in [0.4, 0.5) is 4.39 Å². The van der Waals surface area contributed by atoms with Crippen LogP contribution in [0.5, 0.6) is 0 Å². The smallest absolute Gasteiger partial charge is 0.170 e. The van der Waals surface area contributed by atoms with Crippen LogP contribution in [0.3, 0.4) is 0 Å². The van der Waals surface area contributed by atoms with Gasteiger partial charge in [0.25, 0.3) is 0 Å². The largest absolute Gasteiger partial charge is 0.392 e. The average molecular weight is 211 g/mol. The quantitative estimate of drug-likeness (QED) is 0.625. The highest BCUT2D eigenvalue weighted by molar-refractivity contribution is 5.30. The van der Waals surface area contributed by atoms with E-state index in [0.717, 1.165) is 12.1 Å². The van der Waals surface area contributed by atoms with Crippen molar-refractivity contribution >= 4 is 0 Å². The van der Waals surface area contributed by atoms with E-state index < -0.39 is 24.6 Å². The Morgan fingerprint density at radius 1 is 1.40 bits per heavy atom.